The third-order valence-electron chi connectivity index (χ3n) is 6.49. The van der Waals surface area contributed by atoms with Gasteiger partial charge in [-0.05, 0) is 26.2 Å². The van der Waals surface area contributed by atoms with Crippen molar-refractivity contribution in [3.8, 4) is 0 Å². The maximum atomic E-state index is 13.2. The number of carbonyl (C=O) groups is 11. The molecule has 0 heterocycles. The van der Waals surface area contributed by atoms with Gasteiger partial charge in [0.15, 0.2) is 0 Å². The maximum absolute atomic E-state index is 13.2. The van der Waals surface area contributed by atoms with E-state index >= 15 is 0 Å². The minimum Gasteiger partial charge on any atom is -0.481 e. The smallest absolute Gasteiger partial charge is 0.326 e. The SMILES string of the molecule is CC(=O)N[C@H](CO)C(=O)N[C@H](CCC(=O)O)C(=O)N[C@H](CC(=O)O)C(=O)N[C@H](CCC(N)=O)C(=O)N[C@H](C)C(=O)N[C@H](CCC(=O)O)C(=O)O. The molecule has 0 aromatic heterocycles. The molecule has 0 aliphatic heterocycles. The van der Waals surface area contributed by atoms with Crippen LogP contribution in [0.2, 0.25) is 0 Å². The molecule has 0 saturated carbocycles. The third-order valence-corrected chi connectivity index (χ3v) is 6.49. The number of nitrogens with one attached hydrogen (secondary N) is 6. The van der Waals surface area contributed by atoms with E-state index in [0.717, 1.165) is 13.8 Å². The summed E-state index contributed by atoms with van der Waals surface area (Å²) in [7, 11) is 0. The number of aliphatic hydroxyl groups excluding tert-OH is 1. The quantitative estimate of drug-likeness (QED) is 0.0442. The number of primary amides is 1. The van der Waals surface area contributed by atoms with E-state index in [1.54, 1.807) is 0 Å². The van der Waals surface area contributed by atoms with Crippen molar-refractivity contribution < 1.29 is 78.3 Å². The van der Waals surface area contributed by atoms with Crippen LogP contribution in [0.15, 0.2) is 0 Å². The van der Waals surface area contributed by atoms with E-state index in [1.165, 1.54) is 0 Å². The van der Waals surface area contributed by atoms with Crippen LogP contribution < -0.4 is 37.6 Å². The predicted octanol–water partition coefficient (Wildman–Crippen LogP) is -5.52. The highest BCUT2D eigenvalue weighted by Gasteiger charge is 2.33. The minimum atomic E-state index is -2.00. The fourth-order valence-corrected chi connectivity index (χ4v) is 3.93. The molecule has 6 atom stereocenters. The summed E-state index contributed by atoms with van der Waals surface area (Å²) in [5, 5.41) is 58.4. The second kappa shape index (κ2) is 21.9. The van der Waals surface area contributed by atoms with Crippen LogP contribution in [0.5, 0.6) is 0 Å². The third kappa shape index (κ3) is 17.9. The van der Waals surface area contributed by atoms with Gasteiger partial charge in [0.25, 0.3) is 0 Å². The van der Waals surface area contributed by atoms with Crippen molar-refractivity contribution in [3.05, 3.63) is 0 Å². The van der Waals surface area contributed by atoms with Gasteiger partial charge in [0.05, 0.1) is 13.0 Å². The second-order valence-corrected chi connectivity index (χ2v) is 10.7. The molecule has 0 unspecified atom stereocenters. The molecular formula is C27H41N7O16. The molecule has 0 spiro atoms. The van der Waals surface area contributed by atoms with Crippen LogP contribution in [0.25, 0.3) is 0 Å². The van der Waals surface area contributed by atoms with Crippen molar-refractivity contribution in [2.24, 2.45) is 5.73 Å². The Balaban J connectivity index is 6.05. The number of rotatable bonds is 24. The Morgan fingerprint density at radius 3 is 1.34 bits per heavy atom. The molecule has 0 bridgehead atoms. The van der Waals surface area contributed by atoms with Crippen LogP contribution in [-0.4, -0.2) is 134 Å². The Morgan fingerprint density at radius 2 is 0.920 bits per heavy atom. The monoisotopic (exact) mass is 719 g/mol. The van der Waals surface area contributed by atoms with E-state index in [4.69, 9.17) is 15.9 Å². The van der Waals surface area contributed by atoms with Crippen LogP contribution in [0.4, 0.5) is 0 Å². The van der Waals surface area contributed by atoms with Gasteiger partial charge in [-0.25, -0.2) is 4.79 Å². The fourth-order valence-electron chi connectivity index (χ4n) is 3.93. The molecule has 280 valence electrons. The topological polar surface area (TPSA) is 387 Å². The summed E-state index contributed by atoms with van der Waals surface area (Å²) in [4.78, 5) is 132. The van der Waals surface area contributed by atoms with Gasteiger partial charge < -0.3 is 63.2 Å². The summed E-state index contributed by atoms with van der Waals surface area (Å²) in [6, 6.07) is -10.2. The van der Waals surface area contributed by atoms with Crippen molar-refractivity contribution in [1.29, 1.82) is 0 Å². The van der Waals surface area contributed by atoms with E-state index < -0.39 is 153 Å². The van der Waals surface area contributed by atoms with Gasteiger partial charge >= 0.3 is 23.9 Å². The Labute approximate surface area is 283 Å². The van der Waals surface area contributed by atoms with E-state index in [1.807, 2.05) is 10.6 Å². The van der Waals surface area contributed by atoms with E-state index in [2.05, 4.69) is 21.3 Å². The first kappa shape index (κ1) is 44.1. The molecule has 0 aromatic carbocycles. The van der Waals surface area contributed by atoms with Crippen LogP contribution in [0.1, 0.15) is 58.8 Å². The van der Waals surface area contributed by atoms with Gasteiger partial charge in [-0.3, -0.25) is 47.9 Å². The molecule has 50 heavy (non-hydrogen) atoms. The number of carbonyl (C=O) groups excluding carboxylic acids is 7. The van der Waals surface area contributed by atoms with Crippen LogP contribution in [0, 0.1) is 0 Å². The summed E-state index contributed by atoms with van der Waals surface area (Å²) in [6.07, 6.45) is -4.61. The van der Waals surface area contributed by atoms with Crippen molar-refractivity contribution in [2.45, 2.75) is 95.0 Å². The number of aliphatic hydroxyl groups is 1. The summed E-state index contributed by atoms with van der Waals surface area (Å²) in [5.74, 6) is -13.6. The molecule has 0 aliphatic rings. The molecule has 0 saturated heterocycles. The molecule has 0 radical (unpaired) electrons. The number of aliphatic carboxylic acids is 4. The molecule has 0 aliphatic carbocycles. The lowest BCUT2D eigenvalue weighted by Crippen LogP contribution is -2.59. The maximum Gasteiger partial charge on any atom is 0.326 e. The highest BCUT2D eigenvalue weighted by molar-refractivity contribution is 5.98. The molecule has 13 N–H and O–H groups in total. The van der Waals surface area contributed by atoms with Crippen LogP contribution in [-0.2, 0) is 52.7 Å². The molecule has 23 nitrogen and oxygen atoms in total. The molecular weight excluding hydrogens is 678 g/mol. The number of hydrogen-bond acceptors (Lipinski definition) is 12. The number of carboxylic acids is 4. The van der Waals surface area contributed by atoms with Crippen molar-refractivity contribution in [2.75, 3.05) is 6.61 Å². The normalized spacial score (nSPS) is 14.1. The lowest BCUT2D eigenvalue weighted by molar-refractivity contribution is -0.143. The lowest BCUT2D eigenvalue weighted by Gasteiger charge is -2.26. The van der Waals surface area contributed by atoms with Crippen LogP contribution >= 0.6 is 0 Å². The van der Waals surface area contributed by atoms with Gasteiger partial charge in [-0.15, -0.1) is 0 Å². The van der Waals surface area contributed by atoms with Crippen molar-refractivity contribution in [1.82, 2.24) is 31.9 Å². The summed E-state index contributed by atoms with van der Waals surface area (Å²) >= 11 is 0. The minimum absolute atomic E-state index is 0.497. The Bertz CT molecular complexity index is 1320. The number of hydrogen-bond donors (Lipinski definition) is 12. The lowest BCUT2D eigenvalue weighted by atomic mass is 10.1. The average Bonchev–Trinajstić information content (AvgIpc) is 3.00. The van der Waals surface area contributed by atoms with Gasteiger partial charge in [-0.2, -0.15) is 0 Å². The molecule has 0 rings (SSSR count). The first-order valence-electron chi connectivity index (χ1n) is 14.7. The summed E-state index contributed by atoms with van der Waals surface area (Å²) < 4.78 is 0. The van der Waals surface area contributed by atoms with Crippen LogP contribution in [0.3, 0.4) is 0 Å². The zero-order valence-electron chi connectivity index (χ0n) is 26.9. The number of amides is 7. The highest BCUT2D eigenvalue weighted by Crippen LogP contribution is 2.06. The number of nitrogens with two attached hydrogens (primary N) is 1. The summed E-state index contributed by atoms with van der Waals surface area (Å²) in [6.45, 7) is 1.19. The van der Waals surface area contributed by atoms with Gasteiger partial charge in [0, 0.05) is 26.2 Å². The Kier molecular flexibility index (Phi) is 19.3. The van der Waals surface area contributed by atoms with Crippen molar-refractivity contribution >= 4 is 65.2 Å². The zero-order valence-corrected chi connectivity index (χ0v) is 26.9. The van der Waals surface area contributed by atoms with E-state index in [0.29, 0.717) is 0 Å². The highest BCUT2D eigenvalue weighted by atomic mass is 16.4. The molecule has 7 amide bonds. The van der Waals surface area contributed by atoms with Gasteiger partial charge in [0.2, 0.25) is 41.4 Å². The molecule has 0 aromatic rings. The van der Waals surface area contributed by atoms with E-state index in [-0.39, 0.29) is 0 Å². The van der Waals surface area contributed by atoms with Gasteiger partial charge in [0.1, 0.15) is 36.3 Å². The first-order chi connectivity index (χ1) is 23.2. The Morgan fingerprint density at radius 1 is 0.520 bits per heavy atom. The standard InChI is InChI=1S/C27H41N7O16/c1-11(22(44)33-15(27(49)50)5-8-20(40)41)29-23(45)13(3-6-18(28)37)31-25(47)16(9-21(42)43)34-24(46)14(4-7-19(38)39)32-26(48)17(10-35)30-12(2)36/h11,13-17,35H,3-10H2,1-2H3,(H2,28,37)(H,29,45)(H,30,36)(H,31,47)(H,32,48)(H,33,44)(H,34,46)(H,38,39)(H,40,41)(H,42,43)(H,49,50)/t11-,13-,14-,15-,16-,17-/m1/s1. The fraction of sp³-hybridized carbons (Fsp3) is 0.593. The average molecular weight is 720 g/mol. The largest absolute Gasteiger partial charge is 0.481 e. The first-order valence-corrected chi connectivity index (χ1v) is 14.7. The van der Waals surface area contributed by atoms with Gasteiger partial charge in [-0.1, -0.05) is 0 Å². The van der Waals surface area contributed by atoms with Crippen molar-refractivity contribution in [3.63, 3.8) is 0 Å². The molecule has 0 fully saturated rings. The number of carboxylic acid groups (broad SMARTS) is 4. The second-order valence-electron chi connectivity index (χ2n) is 10.7. The predicted molar refractivity (Wildman–Crippen MR) is 162 cm³/mol. The van der Waals surface area contributed by atoms with E-state index in [9.17, 15) is 68.1 Å². The Hall–Kier alpha value is -5.87. The zero-order chi connectivity index (χ0) is 38.7. The summed E-state index contributed by atoms with van der Waals surface area (Å²) in [5.41, 5.74) is 5.13. The molecule has 23 heteroatoms.